The molecule has 8 nitrogen and oxygen atoms in total. The molecule has 19 heavy (non-hydrogen) atoms. The zero-order valence-electron chi connectivity index (χ0n) is 9.72. The van der Waals surface area contributed by atoms with Crippen LogP contribution in [-0.4, -0.2) is 53.9 Å². The lowest BCUT2D eigenvalue weighted by Crippen LogP contribution is -2.28. The largest absolute Gasteiger partial charge is 0.394 e. The average molecular weight is 286 g/mol. The van der Waals surface area contributed by atoms with Crippen LogP contribution in [0.1, 0.15) is 6.23 Å². The highest BCUT2D eigenvalue weighted by Crippen LogP contribution is 2.34. The Balaban J connectivity index is 2.04. The van der Waals surface area contributed by atoms with Crippen LogP contribution in [0.4, 0.5) is 5.82 Å². The monoisotopic (exact) mass is 285 g/mol. The number of nitrogens with two attached hydrogens (primary N) is 1. The van der Waals surface area contributed by atoms with Gasteiger partial charge in [0.05, 0.1) is 18.3 Å². The van der Waals surface area contributed by atoms with Crippen molar-refractivity contribution in [3.05, 3.63) is 12.7 Å². The number of nitrogens with zero attached hydrogens (tertiary/aromatic N) is 4. The van der Waals surface area contributed by atoms with Gasteiger partial charge in [0.1, 0.15) is 24.1 Å². The molecule has 1 aliphatic heterocycles. The maximum atomic E-state index is 10.1. The number of halogens is 1. The Labute approximate surface area is 112 Å². The number of nitrogen functional groups attached to an aromatic ring is 1. The summed E-state index contributed by atoms with van der Waals surface area (Å²) in [5.74, 6) is 0.248. The van der Waals surface area contributed by atoms with E-state index in [2.05, 4.69) is 15.0 Å². The van der Waals surface area contributed by atoms with E-state index >= 15 is 0 Å². The molecule has 0 unspecified atom stereocenters. The van der Waals surface area contributed by atoms with Crippen molar-refractivity contribution in [3.8, 4) is 0 Å². The number of aliphatic hydroxyl groups excluding tert-OH is 2. The lowest BCUT2D eigenvalue weighted by Gasteiger charge is -2.16. The van der Waals surface area contributed by atoms with Crippen molar-refractivity contribution in [2.45, 2.75) is 23.8 Å². The molecular weight excluding hydrogens is 274 g/mol. The summed E-state index contributed by atoms with van der Waals surface area (Å²) in [6, 6.07) is 0. The normalized spacial score (nSPS) is 31.1. The molecule has 102 valence electrons. The second-order valence-electron chi connectivity index (χ2n) is 4.27. The molecule has 2 aromatic rings. The van der Waals surface area contributed by atoms with Crippen LogP contribution in [0, 0.1) is 0 Å². The summed E-state index contributed by atoms with van der Waals surface area (Å²) in [4.78, 5) is 12.0. The van der Waals surface area contributed by atoms with Gasteiger partial charge in [0, 0.05) is 0 Å². The van der Waals surface area contributed by atoms with E-state index in [4.69, 9.17) is 27.2 Å². The van der Waals surface area contributed by atoms with Gasteiger partial charge in [-0.25, -0.2) is 15.0 Å². The molecule has 0 bridgehead atoms. The van der Waals surface area contributed by atoms with Gasteiger partial charge in [-0.15, -0.1) is 11.6 Å². The van der Waals surface area contributed by atoms with Crippen molar-refractivity contribution >= 4 is 28.6 Å². The predicted octanol–water partition coefficient (Wildman–Crippen LogP) is -0.734. The zero-order valence-corrected chi connectivity index (χ0v) is 10.5. The van der Waals surface area contributed by atoms with Gasteiger partial charge >= 0.3 is 0 Å². The number of aromatic nitrogens is 4. The van der Waals surface area contributed by atoms with Crippen molar-refractivity contribution < 1.29 is 14.9 Å². The number of hydrogen-bond donors (Lipinski definition) is 3. The third-order valence-corrected chi connectivity index (χ3v) is 3.67. The van der Waals surface area contributed by atoms with Crippen LogP contribution in [0.3, 0.4) is 0 Å². The lowest BCUT2D eigenvalue weighted by molar-refractivity contribution is -0.0486. The SMILES string of the molecule is Nc1ncnc2c1ncn2[C@@H]1O[C@H](CO)[C@H](Cl)[C@H]1O. The molecular formula is C10H12ClN5O3. The van der Waals surface area contributed by atoms with Crippen molar-refractivity contribution in [2.24, 2.45) is 0 Å². The minimum absolute atomic E-state index is 0.248. The van der Waals surface area contributed by atoms with E-state index in [9.17, 15) is 5.11 Å². The van der Waals surface area contributed by atoms with E-state index in [1.165, 1.54) is 17.2 Å². The maximum absolute atomic E-state index is 10.1. The minimum Gasteiger partial charge on any atom is -0.394 e. The fourth-order valence-electron chi connectivity index (χ4n) is 2.14. The number of anilines is 1. The lowest BCUT2D eigenvalue weighted by atomic mass is 10.2. The third kappa shape index (κ3) is 1.84. The van der Waals surface area contributed by atoms with E-state index < -0.39 is 23.8 Å². The number of fused-ring (bicyclic) bond motifs is 1. The third-order valence-electron chi connectivity index (χ3n) is 3.13. The summed E-state index contributed by atoms with van der Waals surface area (Å²) < 4.78 is 7.05. The first-order valence-corrected chi connectivity index (χ1v) is 6.08. The summed E-state index contributed by atoms with van der Waals surface area (Å²) >= 11 is 6.00. The quantitative estimate of drug-likeness (QED) is 0.622. The molecule has 0 amide bonds. The van der Waals surface area contributed by atoms with Crippen LogP contribution in [0.25, 0.3) is 11.2 Å². The van der Waals surface area contributed by atoms with Crippen LogP contribution in [0.2, 0.25) is 0 Å². The van der Waals surface area contributed by atoms with E-state index in [1.807, 2.05) is 0 Å². The summed E-state index contributed by atoms with van der Waals surface area (Å²) in [5, 5.41) is 18.5. The molecule has 9 heteroatoms. The molecule has 3 heterocycles. The first kappa shape index (κ1) is 12.5. The van der Waals surface area contributed by atoms with Crippen LogP contribution in [0.15, 0.2) is 12.7 Å². The summed E-state index contributed by atoms with van der Waals surface area (Å²) in [5.41, 5.74) is 6.56. The number of imidazole rings is 1. The molecule has 4 N–H and O–H groups in total. The molecule has 3 rings (SSSR count). The average Bonchev–Trinajstić information content (AvgIpc) is 2.94. The minimum atomic E-state index is -0.979. The number of hydrogen-bond acceptors (Lipinski definition) is 7. The molecule has 0 saturated carbocycles. The second kappa shape index (κ2) is 4.57. The highest BCUT2D eigenvalue weighted by atomic mass is 35.5. The number of alkyl halides is 1. The number of aliphatic hydroxyl groups is 2. The molecule has 0 radical (unpaired) electrons. The Bertz CT molecular complexity index is 606. The van der Waals surface area contributed by atoms with E-state index in [1.54, 1.807) is 0 Å². The van der Waals surface area contributed by atoms with Gasteiger partial charge in [-0.3, -0.25) is 4.57 Å². The van der Waals surface area contributed by atoms with E-state index in [0.717, 1.165) is 0 Å². The maximum Gasteiger partial charge on any atom is 0.167 e. The number of ether oxygens (including phenoxy) is 1. The van der Waals surface area contributed by atoms with Crippen LogP contribution in [-0.2, 0) is 4.74 Å². The van der Waals surface area contributed by atoms with Crippen molar-refractivity contribution in [2.75, 3.05) is 12.3 Å². The van der Waals surface area contributed by atoms with Gasteiger partial charge in [0.15, 0.2) is 17.7 Å². The van der Waals surface area contributed by atoms with Crippen molar-refractivity contribution in [1.82, 2.24) is 19.5 Å². The molecule has 2 aromatic heterocycles. The molecule has 1 aliphatic rings. The summed E-state index contributed by atoms with van der Waals surface area (Å²) in [6.07, 6.45) is 0.371. The molecule has 1 fully saturated rings. The molecule has 0 aliphatic carbocycles. The molecule has 0 spiro atoms. The van der Waals surface area contributed by atoms with Gasteiger partial charge in [-0.2, -0.15) is 0 Å². The Morgan fingerprint density at radius 1 is 1.42 bits per heavy atom. The van der Waals surface area contributed by atoms with Gasteiger partial charge in [0.25, 0.3) is 0 Å². The zero-order chi connectivity index (χ0) is 13.6. The van der Waals surface area contributed by atoms with Crippen LogP contribution >= 0.6 is 11.6 Å². The highest BCUT2D eigenvalue weighted by molar-refractivity contribution is 6.21. The van der Waals surface area contributed by atoms with Crippen LogP contribution < -0.4 is 5.73 Å². The van der Waals surface area contributed by atoms with Crippen molar-refractivity contribution in [3.63, 3.8) is 0 Å². The Hall–Kier alpha value is -1.48. The molecule has 1 saturated heterocycles. The first-order chi connectivity index (χ1) is 9.13. The highest BCUT2D eigenvalue weighted by Gasteiger charge is 2.43. The second-order valence-corrected chi connectivity index (χ2v) is 4.77. The van der Waals surface area contributed by atoms with Gasteiger partial charge in [-0.05, 0) is 0 Å². The van der Waals surface area contributed by atoms with Gasteiger partial charge in [0.2, 0.25) is 0 Å². The standard InChI is InChI=1S/C10H12ClN5O3/c11-5-4(1-17)19-10(7(5)18)16-3-15-6-8(12)13-2-14-9(6)16/h2-5,7,10,17-18H,1H2,(H2,12,13,14)/t4-,5+,7-,10-/m1/s1. The fourth-order valence-corrected chi connectivity index (χ4v) is 2.41. The van der Waals surface area contributed by atoms with Crippen molar-refractivity contribution in [1.29, 1.82) is 0 Å². The summed E-state index contributed by atoms with van der Waals surface area (Å²) in [6.45, 7) is -0.272. The topological polar surface area (TPSA) is 119 Å². The summed E-state index contributed by atoms with van der Waals surface area (Å²) in [7, 11) is 0. The predicted molar refractivity (Wildman–Crippen MR) is 66.4 cm³/mol. The fraction of sp³-hybridized carbons (Fsp3) is 0.500. The van der Waals surface area contributed by atoms with Gasteiger partial charge < -0.3 is 20.7 Å². The number of rotatable bonds is 2. The van der Waals surface area contributed by atoms with E-state index in [0.29, 0.717) is 11.2 Å². The molecule has 0 aromatic carbocycles. The first-order valence-electron chi connectivity index (χ1n) is 5.65. The Morgan fingerprint density at radius 3 is 2.89 bits per heavy atom. The van der Waals surface area contributed by atoms with E-state index in [-0.39, 0.29) is 12.4 Å². The molecule has 4 atom stereocenters. The van der Waals surface area contributed by atoms with Crippen LogP contribution in [0.5, 0.6) is 0 Å². The van der Waals surface area contributed by atoms with Gasteiger partial charge in [-0.1, -0.05) is 0 Å². The Morgan fingerprint density at radius 2 is 2.21 bits per heavy atom. The smallest absolute Gasteiger partial charge is 0.167 e. The Kier molecular flexibility index (Phi) is 3.02.